The molecule has 1 aromatic carbocycles. The van der Waals surface area contributed by atoms with Gasteiger partial charge in [-0.05, 0) is 32.0 Å². The molecule has 9 heteroatoms. The van der Waals surface area contributed by atoms with Crippen LogP contribution in [0.2, 0.25) is 0 Å². The van der Waals surface area contributed by atoms with Crippen molar-refractivity contribution in [3.63, 3.8) is 0 Å². The monoisotopic (exact) mass is 342 g/mol. The van der Waals surface area contributed by atoms with E-state index in [0.29, 0.717) is 5.69 Å². The molecule has 0 aliphatic carbocycles. The minimum Gasteiger partial charge on any atom is -0.450 e. The number of aromatic nitrogens is 4. The summed E-state index contributed by atoms with van der Waals surface area (Å²) in [6.07, 6.45) is 0.728. The van der Waals surface area contributed by atoms with Gasteiger partial charge in [-0.1, -0.05) is 6.07 Å². The third-order valence-electron chi connectivity index (χ3n) is 3.63. The molecule has 25 heavy (non-hydrogen) atoms. The number of nitrogens with two attached hydrogens (primary N) is 1. The minimum absolute atomic E-state index is 0.0794. The molecule has 0 atom stereocenters. The number of carbonyl (C=O) groups excluding carboxylic acids is 2. The van der Waals surface area contributed by atoms with Crippen molar-refractivity contribution in [1.82, 2.24) is 19.6 Å². The normalized spacial score (nSPS) is 10.8. The molecule has 2 heterocycles. The summed E-state index contributed by atoms with van der Waals surface area (Å²) in [5.41, 5.74) is 8.08. The Morgan fingerprint density at radius 3 is 2.92 bits per heavy atom. The maximum Gasteiger partial charge on any atom is 0.412 e. The average molecular weight is 342 g/mol. The van der Waals surface area contributed by atoms with Gasteiger partial charge < -0.3 is 10.5 Å². The number of rotatable bonds is 4. The van der Waals surface area contributed by atoms with E-state index < -0.39 is 6.09 Å². The Balaban J connectivity index is 1.79. The Bertz CT molecular complexity index is 943. The van der Waals surface area contributed by atoms with E-state index in [9.17, 15) is 9.59 Å². The van der Waals surface area contributed by atoms with Crippen molar-refractivity contribution in [3.05, 3.63) is 36.2 Å². The fourth-order valence-electron chi connectivity index (χ4n) is 2.61. The van der Waals surface area contributed by atoms with E-state index in [2.05, 4.69) is 15.5 Å². The van der Waals surface area contributed by atoms with E-state index in [1.54, 1.807) is 23.6 Å². The molecule has 0 aliphatic rings. The molecule has 0 bridgehead atoms. The maximum atomic E-state index is 12.7. The minimum atomic E-state index is -0.622. The second-order valence-electron chi connectivity index (χ2n) is 5.40. The largest absolute Gasteiger partial charge is 0.450 e. The van der Waals surface area contributed by atoms with Gasteiger partial charge in [0.25, 0.3) is 5.91 Å². The van der Waals surface area contributed by atoms with Crippen LogP contribution in [0.25, 0.3) is 10.9 Å². The first-order valence-electron chi connectivity index (χ1n) is 7.73. The smallest absolute Gasteiger partial charge is 0.412 e. The standard InChI is InChI=1S/C16H18N6O3/c1-3-25-16(24)19-14-8-18-21(20-14)9-15(23)22-10(2)7-11-12(17)5-4-6-13(11)22/h4-8H,3,9,17H2,1-2H3,(H,19,20,24). The number of nitrogen functional groups attached to an aromatic ring is 1. The highest BCUT2D eigenvalue weighted by atomic mass is 16.5. The van der Waals surface area contributed by atoms with Crippen molar-refractivity contribution in [3.8, 4) is 0 Å². The van der Waals surface area contributed by atoms with Crippen molar-refractivity contribution in [2.45, 2.75) is 20.4 Å². The SMILES string of the molecule is CCOC(=O)Nc1cnn(CC(=O)n2c(C)cc3c(N)cccc32)n1. The molecule has 130 valence electrons. The second-order valence-corrected chi connectivity index (χ2v) is 5.40. The Kier molecular flexibility index (Phi) is 4.38. The maximum absolute atomic E-state index is 12.7. The van der Waals surface area contributed by atoms with Gasteiger partial charge >= 0.3 is 6.09 Å². The Labute approximate surface area is 143 Å². The number of amides is 1. The molecular weight excluding hydrogens is 324 g/mol. The average Bonchev–Trinajstić information content (AvgIpc) is 3.12. The Morgan fingerprint density at radius 2 is 2.16 bits per heavy atom. The highest BCUT2D eigenvalue weighted by Gasteiger charge is 2.16. The summed E-state index contributed by atoms with van der Waals surface area (Å²) in [5.74, 6) is 0.000894. The molecule has 3 rings (SSSR count). The van der Waals surface area contributed by atoms with Crippen LogP contribution in [0, 0.1) is 6.92 Å². The number of hydrogen-bond donors (Lipinski definition) is 2. The molecule has 0 saturated carbocycles. The first-order valence-corrected chi connectivity index (χ1v) is 7.73. The second kappa shape index (κ2) is 6.63. The lowest BCUT2D eigenvalue weighted by atomic mass is 10.2. The van der Waals surface area contributed by atoms with E-state index in [0.717, 1.165) is 16.6 Å². The number of carbonyl (C=O) groups is 2. The van der Waals surface area contributed by atoms with E-state index in [-0.39, 0.29) is 24.9 Å². The molecule has 0 spiro atoms. The van der Waals surface area contributed by atoms with Crippen molar-refractivity contribution in [2.75, 3.05) is 17.7 Å². The summed E-state index contributed by atoms with van der Waals surface area (Å²) in [5, 5.41) is 11.3. The number of hydrogen-bond acceptors (Lipinski definition) is 6. The van der Waals surface area contributed by atoms with Crippen LogP contribution in [0.5, 0.6) is 0 Å². The lowest BCUT2D eigenvalue weighted by Crippen LogP contribution is -2.20. The first-order chi connectivity index (χ1) is 12.0. The lowest BCUT2D eigenvalue weighted by Gasteiger charge is -2.06. The van der Waals surface area contributed by atoms with E-state index in [4.69, 9.17) is 10.5 Å². The van der Waals surface area contributed by atoms with Crippen LogP contribution in [-0.4, -0.2) is 38.2 Å². The number of aryl methyl sites for hydroxylation is 1. The number of nitrogens with one attached hydrogen (secondary N) is 1. The summed E-state index contributed by atoms with van der Waals surface area (Å²) < 4.78 is 6.34. The van der Waals surface area contributed by atoms with Crippen molar-refractivity contribution in [2.24, 2.45) is 0 Å². The summed E-state index contributed by atoms with van der Waals surface area (Å²) in [4.78, 5) is 25.2. The fraction of sp³-hybridized carbons (Fsp3) is 0.250. The fourth-order valence-corrected chi connectivity index (χ4v) is 2.61. The molecule has 1 amide bonds. The van der Waals surface area contributed by atoms with Gasteiger partial charge in [0, 0.05) is 16.8 Å². The van der Waals surface area contributed by atoms with Crippen LogP contribution in [0.4, 0.5) is 16.3 Å². The third-order valence-corrected chi connectivity index (χ3v) is 3.63. The molecule has 0 unspecified atom stereocenters. The van der Waals surface area contributed by atoms with Crippen LogP contribution in [-0.2, 0) is 11.3 Å². The molecule has 3 aromatic rings. The van der Waals surface area contributed by atoms with Crippen LogP contribution >= 0.6 is 0 Å². The Hall–Kier alpha value is -3.36. The zero-order valence-electron chi connectivity index (χ0n) is 13.9. The lowest BCUT2D eigenvalue weighted by molar-refractivity contribution is 0.0884. The van der Waals surface area contributed by atoms with Crippen molar-refractivity contribution >= 4 is 34.4 Å². The molecule has 0 aliphatic heterocycles. The van der Waals surface area contributed by atoms with Gasteiger partial charge in [-0.3, -0.25) is 14.7 Å². The molecular formula is C16H18N6O3. The van der Waals surface area contributed by atoms with Gasteiger partial charge in [-0.25, -0.2) is 4.79 Å². The van der Waals surface area contributed by atoms with Gasteiger partial charge in [-0.2, -0.15) is 9.90 Å². The molecule has 0 saturated heterocycles. The van der Waals surface area contributed by atoms with Crippen LogP contribution in [0.3, 0.4) is 0 Å². The highest BCUT2D eigenvalue weighted by molar-refractivity contribution is 5.99. The quantitative estimate of drug-likeness (QED) is 0.701. The van der Waals surface area contributed by atoms with Gasteiger partial charge in [0.15, 0.2) is 5.82 Å². The van der Waals surface area contributed by atoms with Crippen LogP contribution in [0.15, 0.2) is 30.5 Å². The van der Waals surface area contributed by atoms with E-state index >= 15 is 0 Å². The number of fused-ring (bicyclic) bond motifs is 1. The van der Waals surface area contributed by atoms with Gasteiger partial charge in [0.1, 0.15) is 6.54 Å². The molecule has 2 aromatic heterocycles. The molecule has 0 radical (unpaired) electrons. The van der Waals surface area contributed by atoms with Crippen molar-refractivity contribution in [1.29, 1.82) is 0 Å². The zero-order valence-corrected chi connectivity index (χ0v) is 13.9. The topological polar surface area (TPSA) is 117 Å². The number of ether oxygens (including phenoxy) is 1. The summed E-state index contributed by atoms with van der Waals surface area (Å²) in [6, 6.07) is 7.29. The summed E-state index contributed by atoms with van der Waals surface area (Å²) in [7, 11) is 0. The zero-order chi connectivity index (χ0) is 18.0. The molecule has 3 N–H and O–H groups in total. The summed E-state index contributed by atoms with van der Waals surface area (Å²) in [6.45, 7) is 3.71. The Morgan fingerprint density at radius 1 is 1.36 bits per heavy atom. The van der Waals surface area contributed by atoms with E-state index in [1.165, 1.54) is 11.0 Å². The third kappa shape index (κ3) is 3.30. The van der Waals surface area contributed by atoms with Gasteiger partial charge in [-0.15, -0.1) is 5.10 Å². The highest BCUT2D eigenvalue weighted by Crippen LogP contribution is 2.24. The number of nitrogens with zero attached hydrogens (tertiary/aromatic N) is 4. The van der Waals surface area contributed by atoms with Crippen molar-refractivity contribution < 1.29 is 14.3 Å². The van der Waals surface area contributed by atoms with Crippen LogP contribution in [0.1, 0.15) is 17.4 Å². The number of anilines is 2. The molecule has 0 fully saturated rings. The van der Waals surface area contributed by atoms with Crippen LogP contribution < -0.4 is 11.1 Å². The molecule has 9 nitrogen and oxygen atoms in total. The van der Waals surface area contributed by atoms with Gasteiger partial charge in [0.05, 0.1) is 18.3 Å². The van der Waals surface area contributed by atoms with E-state index in [1.807, 2.05) is 19.1 Å². The summed E-state index contributed by atoms with van der Waals surface area (Å²) >= 11 is 0. The predicted octanol–water partition coefficient (Wildman–Crippen LogP) is 2.03. The first kappa shape index (κ1) is 16.5. The number of benzene rings is 1. The van der Waals surface area contributed by atoms with Gasteiger partial charge in [0.2, 0.25) is 0 Å². The predicted molar refractivity (Wildman–Crippen MR) is 92.4 cm³/mol.